The normalized spacial score (nSPS) is 16.9. The largest absolute Gasteiger partial charge is 0.431 e. The Balaban J connectivity index is 2.11. The van der Waals surface area contributed by atoms with Crippen LogP contribution in [0, 0.1) is 0 Å². The van der Waals surface area contributed by atoms with Gasteiger partial charge in [0.25, 0.3) is 0 Å². The Labute approximate surface area is 221 Å². The maximum absolute atomic E-state index is 13.7. The number of alkyl halides is 3. The van der Waals surface area contributed by atoms with Gasteiger partial charge < -0.3 is 21.3 Å². The number of aliphatic imine (C=N–C) groups is 1. The molecule has 7 nitrogen and oxygen atoms in total. The quantitative estimate of drug-likeness (QED) is 0.383. The van der Waals surface area contributed by atoms with Crippen LogP contribution >= 0.6 is 22.9 Å². The van der Waals surface area contributed by atoms with Crippen molar-refractivity contribution in [2.45, 2.75) is 18.6 Å². The van der Waals surface area contributed by atoms with E-state index in [1.165, 1.54) is 23.5 Å². The second-order valence-electron chi connectivity index (χ2n) is 8.71. The van der Waals surface area contributed by atoms with Crippen LogP contribution in [0.25, 0.3) is 5.57 Å². The first-order valence-electron chi connectivity index (χ1n) is 11.2. The summed E-state index contributed by atoms with van der Waals surface area (Å²) >= 11 is 7.64. The van der Waals surface area contributed by atoms with E-state index in [2.05, 4.69) is 4.99 Å². The van der Waals surface area contributed by atoms with E-state index in [1.54, 1.807) is 35.2 Å². The molecule has 0 saturated heterocycles. The summed E-state index contributed by atoms with van der Waals surface area (Å²) in [6, 6.07) is 8.26. The Bertz CT molecular complexity index is 1250. The van der Waals surface area contributed by atoms with Crippen molar-refractivity contribution in [2.75, 3.05) is 33.7 Å². The molecule has 2 aromatic rings. The first kappa shape index (κ1) is 28.4. The summed E-state index contributed by atoms with van der Waals surface area (Å²) in [6.45, 7) is 0.646. The molecule has 198 valence electrons. The number of allylic oxidation sites excluding steroid dienone is 2. The molecule has 2 heterocycles. The molecule has 3 rings (SSSR count). The number of rotatable bonds is 8. The minimum absolute atomic E-state index is 0.182. The third kappa shape index (κ3) is 7.21. The van der Waals surface area contributed by atoms with Crippen molar-refractivity contribution in [1.82, 2.24) is 9.80 Å². The van der Waals surface area contributed by atoms with Crippen molar-refractivity contribution >= 4 is 46.5 Å². The minimum Gasteiger partial charge on any atom is -0.394 e. The molecule has 37 heavy (non-hydrogen) atoms. The zero-order valence-corrected chi connectivity index (χ0v) is 21.8. The fourth-order valence-electron chi connectivity index (χ4n) is 4.00. The van der Waals surface area contributed by atoms with E-state index in [1.807, 2.05) is 19.0 Å². The van der Waals surface area contributed by atoms with Crippen molar-refractivity contribution in [3.8, 4) is 0 Å². The molecule has 12 heteroatoms. The van der Waals surface area contributed by atoms with Crippen molar-refractivity contribution in [1.29, 1.82) is 0 Å². The summed E-state index contributed by atoms with van der Waals surface area (Å²) < 4.78 is 41.7. The van der Waals surface area contributed by atoms with Gasteiger partial charge in [-0.1, -0.05) is 41.9 Å². The molecular weight excluding hydrogens is 527 g/mol. The first-order valence-corrected chi connectivity index (χ1v) is 12.4. The summed E-state index contributed by atoms with van der Waals surface area (Å²) in [7, 11) is 3.76. The Morgan fingerprint density at radius 3 is 2.59 bits per heavy atom. The van der Waals surface area contributed by atoms with Gasteiger partial charge in [0.15, 0.2) is 0 Å². The third-order valence-corrected chi connectivity index (χ3v) is 6.92. The number of amides is 2. The molecule has 1 unspecified atom stereocenters. The summed E-state index contributed by atoms with van der Waals surface area (Å²) in [5, 5.41) is 0. The highest BCUT2D eigenvalue weighted by molar-refractivity contribution is 7.16. The molecule has 0 spiro atoms. The summed E-state index contributed by atoms with van der Waals surface area (Å²) in [6.07, 6.45) is -0.678. The van der Waals surface area contributed by atoms with Crippen LogP contribution in [-0.4, -0.2) is 67.7 Å². The Morgan fingerprint density at radius 1 is 1.24 bits per heavy atom. The van der Waals surface area contributed by atoms with E-state index >= 15 is 0 Å². The molecule has 1 atom stereocenters. The van der Waals surface area contributed by atoms with Crippen molar-refractivity contribution in [3.63, 3.8) is 0 Å². The fraction of sp³-hybridized carbons (Fsp3) is 0.320. The number of likely N-dealkylation sites (N-methyl/N-ethyl adjacent to an activating group) is 1. The summed E-state index contributed by atoms with van der Waals surface area (Å²) in [5.41, 5.74) is 10.4. The molecule has 2 amide bonds. The van der Waals surface area contributed by atoms with Gasteiger partial charge in [-0.2, -0.15) is 13.2 Å². The molecule has 0 bridgehead atoms. The second kappa shape index (κ2) is 11.9. The molecule has 4 N–H and O–H groups in total. The van der Waals surface area contributed by atoms with Crippen LogP contribution in [0.15, 0.2) is 53.2 Å². The van der Waals surface area contributed by atoms with E-state index in [0.29, 0.717) is 23.0 Å². The van der Waals surface area contributed by atoms with Gasteiger partial charge in [-0.15, -0.1) is 11.3 Å². The van der Waals surface area contributed by atoms with Gasteiger partial charge in [0.2, 0.25) is 11.8 Å². The lowest BCUT2D eigenvalue weighted by molar-refractivity contribution is -0.127. The summed E-state index contributed by atoms with van der Waals surface area (Å²) in [5.74, 6) is -1.49. The SMILES string of the molecule is CN(C)C/C=C/C(=O)N1Cc2sc(Cl)cc2C(c2ccccc2/C(C=NCC(N)=O)=C(/N)C(F)(F)F)C1. The molecule has 0 radical (unpaired) electrons. The van der Waals surface area contributed by atoms with Crippen molar-refractivity contribution in [2.24, 2.45) is 16.5 Å². The standard InChI is InChI=1S/C25H27ClF3N5O2S/c1-33(2)9-5-8-23(36)34-13-19(17-10-21(26)37-20(17)14-34)16-7-4-3-6-15(16)18(11-32-12-22(30)35)24(31)25(27,28)29/h3-8,10-11,19H,9,12-14,31H2,1-2H3,(H2,30,35)/b8-5+,24-18+,32-11?. The van der Waals surface area contributed by atoms with Gasteiger partial charge >= 0.3 is 6.18 Å². The van der Waals surface area contributed by atoms with Gasteiger partial charge in [-0.25, -0.2) is 0 Å². The van der Waals surface area contributed by atoms with Crippen LogP contribution in [0.3, 0.4) is 0 Å². The highest BCUT2D eigenvalue weighted by atomic mass is 35.5. The zero-order valence-electron chi connectivity index (χ0n) is 20.3. The lowest BCUT2D eigenvalue weighted by atomic mass is 9.83. The Morgan fingerprint density at radius 2 is 1.95 bits per heavy atom. The van der Waals surface area contributed by atoms with E-state index in [4.69, 9.17) is 23.1 Å². The van der Waals surface area contributed by atoms with Crippen molar-refractivity contribution in [3.05, 3.63) is 74.1 Å². The molecule has 0 fully saturated rings. The highest BCUT2D eigenvalue weighted by Crippen LogP contribution is 2.42. The number of carbonyl (C=O) groups excluding carboxylic acids is 2. The van der Waals surface area contributed by atoms with Crippen molar-refractivity contribution < 1.29 is 22.8 Å². The lowest BCUT2D eigenvalue weighted by Gasteiger charge is -2.33. The van der Waals surface area contributed by atoms with Gasteiger partial charge in [0, 0.05) is 41.7 Å². The number of halogens is 4. The maximum atomic E-state index is 13.7. The molecule has 1 aromatic heterocycles. The Kier molecular flexibility index (Phi) is 9.16. The predicted octanol–water partition coefficient (Wildman–Crippen LogP) is 3.78. The average molecular weight is 554 g/mol. The molecule has 1 aliphatic rings. The number of nitrogens with two attached hydrogens (primary N) is 2. The molecule has 0 saturated carbocycles. The predicted molar refractivity (Wildman–Crippen MR) is 140 cm³/mol. The number of nitrogens with zero attached hydrogens (tertiary/aromatic N) is 3. The molecule has 0 aliphatic carbocycles. The fourth-order valence-corrected chi connectivity index (χ4v) is 5.36. The van der Waals surface area contributed by atoms with Gasteiger partial charge in [0.05, 0.1) is 10.9 Å². The molecule has 1 aliphatic heterocycles. The van der Waals surface area contributed by atoms with E-state index in [9.17, 15) is 22.8 Å². The van der Waals surface area contributed by atoms with E-state index in [-0.39, 0.29) is 23.6 Å². The number of carbonyl (C=O) groups is 2. The monoisotopic (exact) mass is 553 g/mol. The number of hydrogen-bond acceptors (Lipinski definition) is 6. The number of benzene rings is 1. The number of thiophene rings is 1. The minimum atomic E-state index is -4.84. The van der Waals surface area contributed by atoms with Crippen LogP contribution in [0.4, 0.5) is 13.2 Å². The maximum Gasteiger partial charge on any atom is 0.431 e. The van der Waals surface area contributed by atoms with Crippen LogP contribution < -0.4 is 11.5 Å². The van der Waals surface area contributed by atoms with Gasteiger partial charge in [0.1, 0.15) is 12.2 Å². The van der Waals surface area contributed by atoms with Gasteiger partial charge in [-0.05, 0) is 36.9 Å². The first-order chi connectivity index (χ1) is 17.4. The van der Waals surface area contributed by atoms with Gasteiger partial charge in [-0.3, -0.25) is 14.6 Å². The van der Waals surface area contributed by atoms with Crippen LogP contribution in [0.2, 0.25) is 4.34 Å². The van der Waals surface area contributed by atoms with Crippen LogP contribution in [0.1, 0.15) is 27.5 Å². The number of hydrogen-bond donors (Lipinski definition) is 2. The molecular formula is C25H27ClF3N5O2S. The number of primary amides is 1. The second-order valence-corrected chi connectivity index (χ2v) is 10.5. The third-order valence-electron chi connectivity index (χ3n) is 5.66. The highest BCUT2D eigenvalue weighted by Gasteiger charge is 2.36. The molecule has 1 aromatic carbocycles. The van der Waals surface area contributed by atoms with Crippen LogP contribution in [0.5, 0.6) is 0 Å². The number of fused-ring (bicyclic) bond motifs is 1. The smallest absolute Gasteiger partial charge is 0.394 e. The zero-order chi connectivity index (χ0) is 27.3. The average Bonchev–Trinajstić information content (AvgIpc) is 3.20. The van der Waals surface area contributed by atoms with E-state index in [0.717, 1.165) is 16.7 Å². The van der Waals surface area contributed by atoms with Crippen LogP contribution in [-0.2, 0) is 16.1 Å². The lowest BCUT2D eigenvalue weighted by Crippen LogP contribution is -2.37. The Hall–Kier alpha value is -3.15. The summed E-state index contributed by atoms with van der Waals surface area (Å²) in [4.78, 5) is 32.3. The van der Waals surface area contributed by atoms with E-state index < -0.39 is 30.2 Å². The topological polar surface area (TPSA) is 105 Å².